The average molecular weight is 322 g/mol. The summed E-state index contributed by atoms with van der Waals surface area (Å²) in [5.74, 6) is -0.562. The van der Waals surface area contributed by atoms with E-state index in [1.807, 2.05) is 6.92 Å². The summed E-state index contributed by atoms with van der Waals surface area (Å²) in [6.45, 7) is 4.66. The molecule has 5 aliphatic heterocycles. The fourth-order valence-electron chi connectivity index (χ4n) is 5.49. The van der Waals surface area contributed by atoms with Crippen LogP contribution in [0.4, 0.5) is 0 Å². The Labute approximate surface area is 134 Å². The minimum atomic E-state index is -0.917. The van der Waals surface area contributed by atoms with Gasteiger partial charge in [-0.05, 0) is 32.1 Å². The average Bonchev–Trinajstić information content (AvgIpc) is 2.89. The summed E-state index contributed by atoms with van der Waals surface area (Å²) in [5, 5.41) is 8.48. The largest absolute Gasteiger partial charge is 0.430 e. The Morgan fingerprint density at radius 2 is 2.04 bits per heavy atom. The Morgan fingerprint density at radius 3 is 2.83 bits per heavy atom. The maximum atomic E-state index is 12.8. The highest BCUT2D eigenvalue weighted by Crippen LogP contribution is 2.62. The number of rotatable bonds is 0. The van der Waals surface area contributed by atoms with Gasteiger partial charge in [0.2, 0.25) is 12.1 Å². The summed E-state index contributed by atoms with van der Waals surface area (Å²) in [7, 11) is 0. The van der Waals surface area contributed by atoms with Crippen molar-refractivity contribution in [3.8, 4) is 0 Å². The molecule has 0 aromatic heterocycles. The maximum Gasteiger partial charge on any atom is 0.338 e. The second-order valence-corrected chi connectivity index (χ2v) is 7.90. The van der Waals surface area contributed by atoms with Crippen molar-refractivity contribution in [3.05, 3.63) is 0 Å². The van der Waals surface area contributed by atoms with Gasteiger partial charge in [-0.1, -0.05) is 6.92 Å². The van der Waals surface area contributed by atoms with Gasteiger partial charge in [0.05, 0.1) is 6.54 Å². The lowest BCUT2D eigenvalue weighted by Gasteiger charge is -2.59. The molecule has 7 nitrogen and oxygen atoms in total. The summed E-state index contributed by atoms with van der Waals surface area (Å²) >= 11 is 0. The highest BCUT2D eigenvalue weighted by molar-refractivity contribution is 5.83. The topological polar surface area (TPSA) is 78.7 Å². The van der Waals surface area contributed by atoms with Crippen LogP contribution in [0.15, 0.2) is 10.2 Å². The molecule has 2 unspecified atom stereocenters. The number of azo groups is 1. The Hall–Kier alpha value is -1.05. The summed E-state index contributed by atoms with van der Waals surface area (Å²) in [5.41, 5.74) is -1.68. The number of carbonyl (C=O) groups excluding carboxylic acids is 1. The monoisotopic (exact) mass is 322 g/mol. The van der Waals surface area contributed by atoms with Crippen LogP contribution >= 0.6 is 0 Å². The van der Waals surface area contributed by atoms with E-state index in [0.29, 0.717) is 18.9 Å². The Kier molecular flexibility index (Phi) is 2.69. The third kappa shape index (κ3) is 1.58. The second-order valence-electron chi connectivity index (χ2n) is 7.90. The molecule has 1 saturated carbocycles. The number of carbonyl (C=O) groups is 1. The van der Waals surface area contributed by atoms with Gasteiger partial charge in [0, 0.05) is 24.7 Å². The number of esters is 1. The van der Waals surface area contributed by atoms with E-state index in [9.17, 15) is 4.79 Å². The lowest BCUT2D eigenvalue weighted by atomic mass is 9.55. The van der Waals surface area contributed by atoms with Crippen LogP contribution in [-0.2, 0) is 24.0 Å². The molecule has 6 rings (SSSR count). The highest BCUT2D eigenvalue weighted by atomic mass is 17.3. The van der Waals surface area contributed by atoms with Gasteiger partial charge < -0.3 is 9.47 Å². The van der Waals surface area contributed by atoms with E-state index >= 15 is 0 Å². The summed E-state index contributed by atoms with van der Waals surface area (Å²) in [4.78, 5) is 24.5. The van der Waals surface area contributed by atoms with Crippen molar-refractivity contribution in [1.29, 1.82) is 0 Å². The van der Waals surface area contributed by atoms with Gasteiger partial charge in [0.1, 0.15) is 0 Å². The first-order valence-corrected chi connectivity index (χ1v) is 8.65. The molecule has 2 bridgehead atoms. The van der Waals surface area contributed by atoms with Crippen molar-refractivity contribution < 1.29 is 24.0 Å². The van der Waals surface area contributed by atoms with E-state index in [1.165, 1.54) is 0 Å². The van der Waals surface area contributed by atoms with Crippen molar-refractivity contribution in [2.24, 2.45) is 28.0 Å². The van der Waals surface area contributed by atoms with Crippen molar-refractivity contribution in [2.75, 3.05) is 6.54 Å². The molecule has 0 radical (unpaired) electrons. The van der Waals surface area contributed by atoms with Crippen molar-refractivity contribution in [2.45, 2.75) is 69.2 Å². The first-order valence-electron chi connectivity index (χ1n) is 8.65. The lowest BCUT2D eigenvalue weighted by Crippen LogP contribution is -2.74. The van der Waals surface area contributed by atoms with Crippen molar-refractivity contribution in [3.63, 3.8) is 0 Å². The lowest BCUT2D eigenvalue weighted by molar-refractivity contribution is -0.559. The van der Waals surface area contributed by atoms with Gasteiger partial charge >= 0.3 is 5.97 Å². The Bertz CT molecular complexity index is 597. The fourth-order valence-corrected chi connectivity index (χ4v) is 5.49. The number of fused-ring (bicyclic) bond motifs is 3. The molecule has 1 aliphatic carbocycles. The zero-order valence-corrected chi connectivity index (χ0v) is 13.5. The first-order chi connectivity index (χ1) is 11.0. The molecule has 0 N–H and O–H groups in total. The maximum absolute atomic E-state index is 12.8. The fraction of sp³-hybridized carbons (Fsp3) is 0.938. The van der Waals surface area contributed by atoms with E-state index in [0.717, 1.165) is 25.7 Å². The van der Waals surface area contributed by atoms with Gasteiger partial charge in [-0.2, -0.15) is 10.2 Å². The first kappa shape index (κ1) is 14.3. The zero-order valence-electron chi connectivity index (χ0n) is 13.5. The highest BCUT2D eigenvalue weighted by Gasteiger charge is 2.75. The summed E-state index contributed by atoms with van der Waals surface area (Å²) < 4.78 is 11.9. The van der Waals surface area contributed by atoms with E-state index in [1.54, 1.807) is 0 Å². The molecule has 0 aromatic carbocycles. The van der Waals surface area contributed by atoms with Crippen LogP contribution in [0.5, 0.6) is 0 Å². The molecule has 126 valence electrons. The Balaban J connectivity index is 1.68. The third-order valence-electron chi connectivity index (χ3n) is 6.70. The van der Waals surface area contributed by atoms with Crippen LogP contribution < -0.4 is 0 Å². The second kappa shape index (κ2) is 4.32. The Morgan fingerprint density at radius 1 is 1.17 bits per heavy atom. The quantitative estimate of drug-likeness (QED) is 0.505. The predicted molar refractivity (Wildman–Crippen MR) is 76.0 cm³/mol. The molecule has 2 spiro atoms. The predicted octanol–water partition coefficient (Wildman–Crippen LogP) is 2.35. The zero-order chi connectivity index (χ0) is 15.9. The number of hydrogen-bond donors (Lipinski definition) is 0. The van der Waals surface area contributed by atoms with Crippen LogP contribution in [0, 0.1) is 17.8 Å². The van der Waals surface area contributed by atoms with Gasteiger partial charge in [-0.15, -0.1) is 0 Å². The molecule has 23 heavy (non-hydrogen) atoms. The van der Waals surface area contributed by atoms with Gasteiger partial charge in [0.25, 0.3) is 0 Å². The molecule has 5 heterocycles. The van der Waals surface area contributed by atoms with Crippen molar-refractivity contribution in [1.82, 2.24) is 0 Å². The van der Waals surface area contributed by atoms with E-state index in [2.05, 4.69) is 17.2 Å². The summed E-state index contributed by atoms with van der Waals surface area (Å²) in [6, 6.07) is 0. The molecular weight excluding hydrogens is 300 g/mol. The molecule has 5 fully saturated rings. The van der Waals surface area contributed by atoms with E-state index in [4.69, 9.17) is 19.2 Å². The molecule has 7 heteroatoms. The molecule has 0 amide bonds. The van der Waals surface area contributed by atoms with Crippen LogP contribution in [0.2, 0.25) is 0 Å². The van der Waals surface area contributed by atoms with E-state index < -0.39 is 23.2 Å². The standard InChI is InChI=1S/C16H22N2O5/c1-9-3-4-11-15(7-8-17-18-15)12(19)20-13-16(11)10(9)5-6-14(2,21-13)22-23-16/h9-11,13H,3-8H2,1-2H3/t9-,10?,11?,13-,14-,15-,16-/m1/s1. The summed E-state index contributed by atoms with van der Waals surface area (Å²) in [6.07, 6.45) is 3.46. The minimum Gasteiger partial charge on any atom is -0.430 e. The number of hydrogen-bond acceptors (Lipinski definition) is 7. The molecule has 0 aromatic rings. The molecular formula is C16H22N2O5. The number of ether oxygens (including phenoxy) is 2. The van der Waals surface area contributed by atoms with Crippen LogP contribution in [0.1, 0.15) is 46.0 Å². The van der Waals surface area contributed by atoms with Crippen molar-refractivity contribution >= 4 is 5.97 Å². The normalized spacial score (nSPS) is 57.2. The van der Waals surface area contributed by atoms with E-state index in [-0.39, 0.29) is 17.8 Å². The van der Waals surface area contributed by atoms with Crippen LogP contribution in [0.3, 0.4) is 0 Å². The minimum absolute atomic E-state index is 0.101. The smallest absolute Gasteiger partial charge is 0.338 e. The van der Waals surface area contributed by atoms with Gasteiger partial charge in [-0.25, -0.2) is 14.6 Å². The third-order valence-corrected chi connectivity index (χ3v) is 6.70. The van der Waals surface area contributed by atoms with Crippen LogP contribution in [-0.4, -0.2) is 35.7 Å². The van der Waals surface area contributed by atoms with Gasteiger partial charge in [0.15, 0.2) is 11.1 Å². The number of nitrogens with zero attached hydrogens (tertiary/aromatic N) is 2. The van der Waals surface area contributed by atoms with Crippen LogP contribution in [0.25, 0.3) is 0 Å². The SMILES string of the molecule is C[C@@H]1CCC2[C@]34OO[C@](C)(CCC13)O[C@H]4OC(=O)[C@@]21CCN=N1. The molecule has 6 aliphatic rings. The molecule has 7 atom stereocenters. The van der Waals surface area contributed by atoms with Gasteiger partial charge in [-0.3, -0.25) is 0 Å². The molecule has 4 saturated heterocycles.